The minimum atomic E-state index is -0.272. The Morgan fingerprint density at radius 1 is 1.24 bits per heavy atom. The summed E-state index contributed by atoms with van der Waals surface area (Å²) in [6, 6.07) is 3.74. The predicted octanol–water partition coefficient (Wildman–Crippen LogP) is 3.09. The zero-order chi connectivity index (χ0) is 20.1. The second-order valence-electron chi connectivity index (χ2n) is 8.83. The zero-order valence-electron chi connectivity index (χ0n) is 17.0. The Labute approximate surface area is 169 Å². The van der Waals surface area contributed by atoms with Gasteiger partial charge in [-0.15, -0.1) is 10.2 Å². The number of fused-ring (bicyclic) bond motifs is 1. The molecule has 5 rings (SSSR count). The number of benzene rings is 1. The van der Waals surface area contributed by atoms with E-state index in [1.807, 2.05) is 13.1 Å². The summed E-state index contributed by atoms with van der Waals surface area (Å²) in [6.45, 7) is 9.26. The quantitative estimate of drug-likeness (QED) is 0.694. The van der Waals surface area contributed by atoms with Gasteiger partial charge in [0.2, 0.25) is 5.82 Å². The molecule has 29 heavy (non-hydrogen) atoms. The standard InChI is InChI=1S/C21H26FN7/c1-12(2)6-14-7-18(22)20(21-24-26-27-25-21)19(8-14)29-10-16-15(17(16)11-29)9-28-5-4-23-13(28)3/h4-5,7-8,12,15-17H,6,9-11H2,1-3H3,(H,24,25,26,27)/t15?,16-,17+. The van der Waals surface area contributed by atoms with Crippen molar-refractivity contribution in [2.45, 2.75) is 33.7 Å². The first kappa shape index (κ1) is 18.3. The molecule has 0 amide bonds. The molecule has 2 aliphatic rings. The first-order valence-electron chi connectivity index (χ1n) is 10.3. The number of aromatic amines is 1. The number of nitrogens with zero attached hydrogens (tertiary/aromatic N) is 6. The molecule has 8 heteroatoms. The number of piperidine rings is 1. The largest absolute Gasteiger partial charge is 0.370 e. The van der Waals surface area contributed by atoms with E-state index in [2.05, 4.69) is 61.2 Å². The van der Waals surface area contributed by atoms with Crippen LogP contribution in [0.25, 0.3) is 11.4 Å². The Morgan fingerprint density at radius 3 is 2.66 bits per heavy atom. The van der Waals surface area contributed by atoms with Gasteiger partial charge in [-0.3, -0.25) is 0 Å². The van der Waals surface area contributed by atoms with E-state index in [1.54, 1.807) is 6.07 Å². The molecular weight excluding hydrogens is 369 g/mol. The van der Waals surface area contributed by atoms with Gasteiger partial charge in [-0.2, -0.15) is 5.21 Å². The lowest BCUT2D eigenvalue weighted by Crippen LogP contribution is -2.26. The van der Waals surface area contributed by atoms with Crippen molar-refractivity contribution in [3.05, 3.63) is 41.7 Å². The van der Waals surface area contributed by atoms with Crippen molar-refractivity contribution in [3.63, 3.8) is 0 Å². The molecule has 1 unspecified atom stereocenters. The molecular formula is C21H26FN7. The van der Waals surface area contributed by atoms with Gasteiger partial charge in [0.25, 0.3) is 0 Å². The molecule has 0 spiro atoms. The summed E-state index contributed by atoms with van der Waals surface area (Å²) in [5.74, 6) is 3.54. The van der Waals surface area contributed by atoms with Crippen LogP contribution in [0.1, 0.15) is 25.2 Å². The van der Waals surface area contributed by atoms with Gasteiger partial charge in [-0.05, 0) is 59.9 Å². The molecule has 2 fully saturated rings. The number of hydrogen-bond donors (Lipinski definition) is 1. The van der Waals surface area contributed by atoms with Crippen LogP contribution in [0, 0.1) is 36.4 Å². The zero-order valence-corrected chi connectivity index (χ0v) is 17.0. The summed E-state index contributed by atoms with van der Waals surface area (Å²) in [5.41, 5.74) is 2.37. The number of rotatable bonds is 6. The Morgan fingerprint density at radius 2 is 2.03 bits per heavy atom. The fraction of sp³-hybridized carbons (Fsp3) is 0.524. The average molecular weight is 395 g/mol. The van der Waals surface area contributed by atoms with Crippen molar-refractivity contribution in [2.75, 3.05) is 18.0 Å². The summed E-state index contributed by atoms with van der Waals surface area (Å²) in [5, 5.41) is 14.2. The summed E-state index contributed by atoms with van der Waals surface area (Å²) in [7, 11) is 0. The number of anilines is 1. The third-order valence-corrected chi connectivity index (χ3v) is 6.39. The van der Waals surface area contributed by atoms with E-state index in [1.165, 1.54) is 0 Å². The highest BCUT2D eigenvalue weighted by Crippen LogP contribution is 2.54. The van der Waals surface area contributed by atoms with Gasteiger partial charge in [0.15, 0.2) is 0 Å². The van der Waals surface area contributed by atoms with Crippen LogP contribution < -0.4 is 4.90 Å². The minimum absolute atomic E-state index is 0.272. The minimum Gasteiger partial charge on any atom is -0.370 e. The van der Waals surface area contributed by atoms with E-state index in [0.29, 0.717) is 35.1 Å². The summed E-state index contributed by atoms with van der Waals surface area (Å²) >= 11 is 0. The molecule has 1 aliphatic carbocycles. The number of nitrogens with one attached hydrogen (secondary N) is 1. The first-order valence-corrected chi connectivity index (χ1v) is 10.3. The Bertz CT molecular complexity index is 998. The maximum absolute atomic E-state index is 15.1. The first-order chi connectivity index (χ1) is 14.0. The van der Waals surface area contributed by atoms with Crippen LogP contribution in [0.2, 0.25) is 0 Å². The maximum atomic E-state index is 15.1. The maximum Gasteiger partial charge on any atom is 0.209 e. The summed E-state index contributed by atoms with van der Waals surface area (Å²) < 4.78 is 17.3. The van der Waals surface area contributed by atoms with E-state index in [-0.39, 0.29) is 5.82 Å². The highest BCUT2D eigenvalue weighted by molar-refractivity contribution is 5.76. The SMILES string of the molecule is Cc1nccn1CC1[C@H]2CN(c3cc(CC(C)C)cc(F)c3-c3nn[nH]n3)C[C@@H]12. The van der Waals surface area contributed by atoms with Gasteiger partial charge < -0.3 is 9.47 Å². The molecule has 1 aromatic carbocycles. The second kappa shape index (κ2) is 6.93. The van der Waals surface area contributed by atoms with Crippen LogP contribution in [-0.4, -0.2) is 43.3 Å². The Kier molecular flexibility index (Phi) is 4.37. The van der Waals surface area contributed by atoms with Gasteiger partial charge in [-0.1, -0.05) is 13.8 Å². The van der Waals surface area contributed by atoms with E-state index in [9.17, 15) is 0 Å². The van der Waals surface area contributed by atoms with Crippen molar-refractivity contribution in [3.8, 4) is 11.4 Å². The lowest BCUT2D eigenvalue weighted by Gasteiger charge is -2.25. The van der Waals surface area contributed by atoms with Gasteiger partial charge in [0.05, 0.1) is 11.3 Å². The summed E-state index contributed by atoms with van der Waals surface area (Å²) in [6.07, 6.45) is 4.76. The number of tetrazole rings is 1. The highest BCUT2D eigenvalue weighted by Gasteiger charge is 2.55. The van der Waals surface area contributed by atoms with E-state index in [4.69, 9.17) is 0 Å². The lowest BCUT2D eigenvalue weighted by molar-refractivity contribution is 0.528. The number of hydrogen-bond acceptors (Lipinski definition) is 5. The van der Waals surface area contributed by atoms with Crippen molar-refractivity contribution in [2.24, 2.45) is 23.7 Å². The van der Waals surface area contributed by atoms with E-state index >= 15 is 4.39 Å². The van der Waals surface area contributed by atoms with Gasteiger partial charge in [0.1, 0.15) is 11.6 Å². The smallest absolute Gasteiger partial charge is 0.209 e. The lowest BCUT2D eigenvalue weighted by atomic mass is 9.99. The van der Waals surface area contributed by atoms with Gasteiger partial charge in [0, 0.05) is 32.0 Å². The molecule has 1 N–H and O–H groups in total. The van der Waals surface area contributed by atoms with Crippen molar-refractivity contribution in [1.82, 2.24) is 30.2 Å². The normalized spacial score (nSPS) is 23.1. The fourth-order valence-corrected chi connectivity index (χ4v) is 4.92. The van der Waals surface area contributed by atoms with Crippen LogP contribution in [-0.2, 0) is 13.0 Å². The highest BCUT2D eigenvalue weighted by atomic mass is 19.1. The van der Waals surface area contributed by atoms with Crippen molar-refractivity contribution < 1.29 is 4.39 Å². The topological polar surface area (TPSA) is 75.5 Å². The molecule has 3 heterocycles. The van der Waals surface area contributed by atoms with Gasteiger partial charge >= 0.3 is 0 Å². The molecule has 1 saturated carbocycles. The number of aryl methyl sites for hydroxylation is 1. The number of H-pyrrole nitrogens is 1. The Balaban J connectivity index is 1.40. The molecule has 1 aliphatic heterocycles. The molecule has 152 valence electrons. The number of imidazole rings is 1. The molecule has 3 atom stereocenters. The molecule has 0 bridgehead atoms. The molecule has 2 aromatic heterocycles. The van der Waals surface area contributed by atoms with Crippen LogP contribution in [0.5, 0.6) is 0 Å². The molecule has 1 saturated heterocycles. The van der Waals surface area contributed by atoms with Crippen molar-refractivity contribution in [1.29, 1.82) is 0 Å². The van der Waals surface area contributed by atoms with Gasteiger partial charge in [-0.25, -0.2) is 9.37 Å². The number of aromatic nitrogens is 6. The van der Waals surface area contributed by atoms with E-state index < -0.39 is 0 Å². The number of halogens is 1. The van der Waals surface area contributed by atoms with Crippen LogP contribution in [0.4, 0.5) is 10.1 Å². The summed E-state index contributed by atoms with van der Waals surface area (Å²) in [4.78, 5) is 6.64. The average Bonchev–Trinajstić information content (AvgIpc) is 3.17. The second-order valence-corrected chi connectivity index (χ2v) is 8.83. The molecule has 3 aromatic rings. The predicted molar refractivity (Wildman–Crippen MR) is 108 cm³/mol. The van der Waals surface area contributed by atoms with Crippen LogP contribution >= 0.6 is 0 Å². The van der Waals surface area contributed by atoms with Crippen molar-refractivity contribution >= 4 is 5.69 Å². The van der Waals surface area contributed by atoms with Crippen LogP contribution in [0.3, 0.4) is 0 Å². The monoisotopic (exact) mass is 395 g/mol. The fourth-order valence-electron chi connectivity index (χ4n) is 4.92. The third-order valence-electron chi connectivity index (χ3n) is 6.39. The molecule has 7 nitrogen and oxygen atoms in total. The third kappa shape index (κ3) is 3.30. The van der Waals surface area contributed by atoms with E-state index in [0.717, 1.165) is 43.1 Å². The van der Waals surface area contributed by atoms with Crippen LogP contribution in [0.15, 0.2) is 24.5 Å². The molecule has 0 radical (unpaired) electrons. The Hall–Kier alpha value is -2.77.